The van der Waals surface area contributed by atoms with E-state index in [9.17, 15) is 9.18 Å². The van der Waals surface area contributed by atoms with Crippen molar-refractivity contribution in [3.63, 3.8) is 0 Å². The molecule has 4 heteroatoms. The zero-order valence-corrected chi connectivity index (χ0v) is 6.29. The minimum absolute atomic E-state index is 0.118. The van der Waals surface area contributed by atoms with Gasteiger partial charge in [0, 0.05) is 19.6 Å². The highest BCUT2D eigenvalue weighted by atomic mass is 19.1. The van der Waals surface area contributed by atoms with E-state index in [-0.39, 0.29) is 6.42 Å². The molecule has 0 saturated carbocycles. The second kappa shape index (κ2) is 3.67. The highest BCUT2D eigenvalue weighted by molar-refractivity contribution is 5.66. The molecule has 1 saturated heterocycles. The van der Waals surface area contributed by atoms with E-state index < -0.39 is 12.1 Å². The van der Waals surface area contributed by atoms with Gasteiger partial charge in [-0.25, -0.2) is 4.39 Å². The second-order valence-electron chi connectivity index (χ2n) is 2.83. The first kappa shape index (κ1) is 8.46. The minimum Gasteiger partial charge on any atom is -0.481 e. The van der Waals surface area contributed by atoms with Crippen molar-refractivity contribution in [1.82, 2.24) is 4.90 Å². The monoisotopic (exact) mass is 161 g/mol. The Morgan fingerprint density at radius 1 is 1.73 bits per heavy atom. The van der Waals surface area contributed by atoms with E-state index in [1.165, 1.54) is 0 Å². The van der Waals surface area contributed by atoms with Crippen LogP contribution in [0.15, 0.2) is 0 Å². The molecule has 1 aliphatic heterocycles. The number of carboxylic acids is 1. The SMILES string of the molecule is O=C(O)CCN1CC[C@@H](F)C1. The molecule has 3 nitrogen and oxygen atoms in total. The third-order valence-corrected chi connectivity index (χ3v) is 1.86. The minimum atomic E-state index is -0.813. The predicted octanol–water partition coefficient (Wildman–Crippen LogP) is 0.505. The Morgan fingerprint density at radius 2 is 2.45 bits per heavy atom. The average Bonchev–Trinajstić information content (AvgIpc) is 2.31. The van der Waals surface area contributed by atoms with Gasteiger partial charge in [0.05, 0.1) is 6.42 Å². The van der Waals surface area contributed by atoms with E-state index in [2.05, 4.69) is 0 Å². The molecule has 0 aromatic heterocycles. The summed E-state index contributed by atoms with van der Waals surface area (Å²) in [6.07, 6.45) is -0.0735. The lowest BCUT2D eigenvalue weighted by atomic mass is 10.3. The summed E-state index contributed by atoms with van der Waals surface area (Å²) < 4.78 is 12.5. The van der Waals surface area contributed by atoms with Crippen LogP contribution in [-0.2, 0) is 4.79 Å². The number of alkyl halides is 1. The summed E-state index contributed by atoms with van der Waals surface area (Å²) in [4.78, 5) is 12.0. The van der Waals surface area contributed by atoms with E-state index >= 15 is 0 Å². The van der Waals surface area contributed by atoms with Crippen molar-refractivity contribution in [2.45, 2.75) is 19.0 Å². The van der Waals surface area contributed by atoms with Crippen molar-refractivity contribution in [3.05, 3.63) is 0 Å². The van der Waals surface area contributed by atoms with Crippen LogP contribution in [0.3, 0.4) is 0 Å². The molecule has 0 aliphatic carbocycles. The number of rotatable bonds is 3. The number of carboxylic acid groups (broad SMARTS) is 1. The number of carbonyl (C=O) groups is 1. The number of aliphatic carboxylic acids is 1. The maximum Gasteiger partial charge on any atom is 0.304 e. The molecular formula is C7H12FNO2. The van der Waals surface area contributed by atoms with Crippen LogP contribution < -0.4 is 0 Å². The van der Waals surface area contributed by atoms with Crippen LogP contribution in [0.5, 0.6) is 0 Å². The number of nitrogens with zero attached hydrogens (tertiary/aromatic N) is 1. The zero-order chi connectivity index (χ0) is 8.27. The third kappa shape index (κ3) is 2.84. The van der Waals surface area contributed by atoms with Gasteiger partial charge in [0.25, 0.3) is 0 Å². The average molecular weight is 161 g/mol. The van der Waals surface area contributed by atoms with Gasteiger partial charge in [-0.1, -0.05) is 0 Å². The first-order valence-electron chi connectivity index (χ1n) is 3.76. The van der Waals surface area contributed by atoms with Crippen LogP contribution in [0.1, 0.15) is 12.8 Å². The van der Waals surface area contributed by atoms with Gasteiger partial charge in [-0.05, 0) is 6.42 Å². The van der Waals surface area contributed by atoms with Crippen molar-refractivity contribution in [2.75, 3.05) is 19.6 Å². The molecule has 1 aliphatic rings. The molecule has 0 amide bonds. The topological polar surface area (TPSA) is 40.5 Å². The van der Waals surface area contributed by atoms with Crippen molar-refractivity contribution in [2.24, 2.45) is 0 Å². The largest absolute Gasteiger partial charge is 0.481 e. The Balaban J connectivity index is 2.13. The maximum absolute atomic E-state index is 12.5. The Labute approximate surface area is 64.8 Å². The van der Waals surface area contributed by atoms with Gasteiger partial charge in [-0.2, -0.15) is 0 Å². The van der Waals surface area contributed by atoms with Crippen LogP contribution >= 0.6 is 0 Å². The van der Waals surface area contributed by atoms with Crippen LogP contribution in [0.2, 0.25) is 0 Å². The molecule has 64 valence electrons. The smallest absolute Gasteiger partial charge is 0.304 e. The molecule has 0 aromatic carbocycles. The number of likely N-dealkylation sites (tertiary alicyclic amines) is 1. The maximum atomic E-state index is 12.5. The van der Waals surface area contributed by atoms with Crippen LogP contribution in [0.25, 0.3) is 0 Å². The fraction of sp³-hybridized carbons (Fsp3) is 0.857. The van der Waals surface area contributed by atoms with Crippen molar-refractivity contribution in [1.29, 1.82) is 0 Å². The van der Waals surface area contributed by atoms with Crippen LogP contribution in [-0.4, -0.2) is 41.8 Å². The molecule has 0 bridgehead atoms. The Bertz CT molecular complexity index is 151. The predicted molar refractivity (Wildman–Crippen MR) is 38.2 cm³/mol. The summed E-state index contributed by atoms with van der Waals surface area (Å²) in [7, 11) is 0. The van der Waals surface area contributed by atoms with Gasteiger partial charge in [0.1, 0.15) is 6.17 Å². The van der Waals surface area contributed by atoms with E-state index in [4.69, 9.17) is 5.11 Å². The van der Waals surface area contributed by atoms with Crippen LogP contribution in [0.4, 0.5) is 4.39 Å². The lowest BCUT2D eigenvalue weighted by Gasteiger charge is -2.11. The molecule has 0 aromatic rings. The standard InChI is InChI=1S/C7H12FNO2/c8-6-1-3-9(5-6)4-2-7(10)11/h6H,1-5H2,(H,10,11)/t6-/m1/s1. The third-order valence-electron chi connectivity index (χ3n) is 1.86. The highest BCUT2D eigenvalue weighted by Gasteiger charge is 2.21. The molecule has 0 spiro atoms. The summed E-state index contributed by atoms with van der Waals surface area (Å²) >= 11 is 0. The number of hydrogen-bond donors (Lipinski definition) is 1. The molecule has 1 heterocycles. The van der Waals surface area contributed by atoms with Gasteiger partial charge in [-0.15, -0.1) is 0 Å². The van der Waals surface area contributed by atoms with E-state index in [1.807, 2.05) is 4.90 Å². The molecule has 0 unspecified atom stereocenters. The van der Waals surface area contributed by atoms with Gasteiger partial charge in [0.2, 0.25) is 0 Å². The van der Waals surface area contributed by atoms with E-state index in [1.54, 1.807) is 0 Å². The fourth-order valence-electron chi connectivity index (χ4n) is 1.24. The van der Waals surface area contributed by atoms with Gasteiger partial charge < -0.3 is 5.11 Å². The fourth-order valence-corrected chi connectivity index (χ4v) is 1.24. The highest BCUT2D eigenvalue weighted by Crippen LogP contribution is 2.11. The van der Waals surface area contributed by atoms with E-state index in [0.717, 1.165) is 0 Å². The first-order chi connectivity index (χ1) is 5.18. The van der Waals surface area contributed by atoms with Crippen molar-refractivity contribution >= 4 is 5.97 Å². The quantitative estimate of drug-likeness (QED) is 0.655. The molecule has 1 rings (SSSR count). The molecule has 1 atom stereocenters. The lowest BCUT2D eigenvalue weighted by Crippen LogP contribution is -2.24. The molecular weight excluding hydrogens is 149 g/mol. The molecule has 1 fully saturated rings. The summed E-state index contributed by atoms with van der Waals surface area (Å²) in [6.45, 7) is 1.59. The lowest BCUT2D eigenvalue weighted by molar-refractivity contribution is -0.137. The van der Waals surface area contributed by atoms with Crippen molar-refractivity contribution in [3.8, 4) is 0 Å². The first-order valence-corrected chi connectivity index (χ1v) is 3.76. The van der Waals surface area contributed by atoms with Gasteiger partial charge in [-0.3, -0.25) is 9.69 Å². The summed E-state index contributed by atoms with van der Waals surface area (Å²) in [5.41, 5.74) is 0. The molecule has 11 heavy (non-hydrogen) atoms. The number of hydrogen-bond acceptors (Lipinski definition) is 2. The van der Waals surface area contributed by atoms with Crippen molar-refractivity contribution < 1.29 is 14.3 Å². The summed E-state index contributed by atoms with van der Waals surface area (Å²) in [5.74, 6) is -0.813. The van der Waals surface area contributed by atoms with Gasteiger partial charge in [0.15, 0.2) is 0 Å². The van der Waals surface area contributed by atoms with Gasteiger partial charge >= 0.3 is 5.97 Å². The summed E-state index contributed by atoms with van der Waals surface area (Å²) in [6, 6.07) is 0. The number of halogens is 1. The summed E-state index contributed by atoms with van der Waals surface area (Å²) in [5, 5.41) is 8.32. The molecule has 0 radical (unpaired) electrons. The zero-order valence-electron chi connectivity index (χ0n) is 6.29. The normalized spacial score (nSPS) is 25.7. The second-order valence-corrected chi connectivity index (χ2v) is 2.83. The molecule has 1 N–H and O–H groups in total. The Morgan fingerprint density at radius 3 is 2.91 bits per heavy atom. The Hall–Kier alpha value is -0.640. The Kier molecular flexibility index (Phi) is 2.82. The van der Waals surface area contributed by atoms with E-state index in [0.29, 0.717) is 26.1 Å². The van der Waals surface area contributed by atoms with Crippen LogP contribution in [0, 0.1) is 0 Å².